The Morgan fingerprint density at radius 3 is 2.91 bits per heavy atom. The first-order chi connectivity index (χ1) is 11.1. The predicted octanol–water partition coefficient (Wildman–Crippen LogP) is 2.47. The fourth-order valence-electron chi connectivity index (χ4n) is 2.14. The summed E-state index contributed by atoms with van der Waals surface area (Å²) in [6.07, 6.45) is 3.25. The van der Waals surface area contributed by atoms with Gasteiger partial charge in [0, 0.05) is 0 Å². The summed E-state index contributed by atoms with van der Waals surface area (Å²) in [6, 6.07) is 6.94. The lowest BCUT2D eigenvalue weighted by Gasteiger charge is -2.08. The van der Waals surface area contributed by atoms with E-state index >= 15 is 0 Å². The van der Waals surface area contributed by atoms with Gasteiger partial charge in [-0.1, -0.05) is 23.9 Å². The standard InChI is InChI=1S/C15H13N3O3S2/c1-21-11-6-4-3-5-9(11)10(19)7-18-8-16-13-12(14(18)20)23-15(17-13)22-2/h3-6,8H,7H2,1-2H3. The molecule has 0 radical (unpaired) electrons. The molecule has 8 heteroatoms. The number of methoxy groups -OCH3 is 1. The Labute approximate surface area is 140 Å². The molecule has 0 aliphatic carbocycles. The number of nitrogens with zero attached hydrogens (tertiary/aromatic N) is 3. The lowest BCUT2D eigenvalue weighted by Crippen LogP contribution is -2.24. The van der Waals surface area contributed by atoms with Crippen LogP contribution in [0, 0.1) is 0 Å². The summed E-state index contributed by atoms with van der Waals surface area (Å²) < 4.78 is 7.73. The van der Waals surface area contributed by atoms with Crippen LogP contribution in [-0.2, 0) is 6.54 Å². The van der Waals surface area contributed by atoms with E-state index in [1.54, 1.807) is 24.3 Å². The normalized spacial score (nSPS) is 10.9. The highest BCUT2D eigenvalue weighted by Crippen LogP contribution is 2.24. The van der Waals surface area contributed by atoms with E-state index in [9.17, 15) is 9.59 Å². The minimum Gasteiger partial charge on any atom is -0.496 e. The minimum atomic E-state index is -0.254. The van der Waals surface area contributed by atoms with Crippen LogP contribution in [0.4, 0.5) is 0 Å². The summed E-state index contributed by atoms with van der Waals surface area (Å²) in [5, 5.41) is 0. The molecule has 0 atom stereocenters. The molecule has 0 fully saturated rings. The Morgan fingerprint density at radius 1 is 1.39 bits per heavy atom. The SMILES string of the molecule is COc1ccccc1C(=O)Cn1cnc2nc(SC)sc2c1=O. The number of hydrogen-bond donors (Lipinski definition) is 0. The molecule has 0 N–H and O–H groups in total. The number of Topliss-reactive ketones (excluding diaryl/α,β-unsaturated/α-hetero) is 1. The first-order valence-electron chi connectivity index (χ1n) is 6.70. The maximum Gasteiger partial charge on any atom is 0.273 e. The Kier molecular flexibility index (Phi) is 4.44. The zero-order chi connectivity index (χ0) is 16.4. The molecule has 0 saturated heterocycles. The number of ketones is 1. The molecule has 3 rings (SSSR count). The molecule has 2 aromatic heterocycles. The maximum atomic E-state index is 12.5. The van der Waals surface area contributed by atoms with Crippen molar-refractivity contribution >= 4 is 39.2 Å². The number of ether oxygens (including phenoxy) is 1. The molecule has 6 nitrogen and oxygen atoms in total. The van der Waals surface area contributed by atoms with Crippen LogP contribution in [0.3, 0.4) is 0 Å². The minimum absolute atomic E-state index is 0.0886. The number of carbonyl (C=O) groups is 1. The Hall–Kier alpha value is -2.19. The number of fused-ring (bicyclic) bond motifs is 1. The monoisotopic (exact) mass is 347 g/mol. The molecule has 0 amide bonds. The van der Waals surface area contributed by atoms with Crippen LogP contribution in [0.5, 0.6) is 5.75 Å². The first kappa shape index (κ1) is 15.7. The molecule has 1 aromatic carbocycles. The fourth-order valence-corrected chi connectivity index (χ4v) is 3.60. The Balaban J connectivity index is 1.96. The van der Waals surface area contributed by atoms with Gasteiger partial charge in [0.15, 0.2) is 15.8 Å². The number of para-hydroxylation sites is 1. The third kappa shape index (κ3) is 2.99. The summed E-state index contributed by atoms with van der Waals surface area (Å²) in [5.41, 5.74) is 0.609. The van der Waals surface area contributed by atoms with Crippen molar-refractivity contribution in [3.8, 4) is 5.75 Å². The van der Waals surface area contributed by atoms with Gasteiger partial charge >= 0.3 is 0 Å². The second kappa shape index (κ2) is 6.51. The van der Waals surface area contributed by atoms with Gasteiger partial charge in [-0.05, 0) is 18.4 Å². The van der Waals surface area contributed by atoms with Gasteiger partial charge in [0.05, 0.1) is 19.2 Å². The number of thiazole rings is 1. The number of carbonyl (C=O) groups excluding carboxylic acids is 1. The average molecular weight is 347 g/mol. The largest absolute Gasteiger partial charge is 0.496 e. The summed E-state index contributed by atoms with van der Waals surface area (Å²) >= 11 is 2.75. The van der Waals surface area contributed by atoms with Crippen molar-refractivity contribution in [3.63, 3.8) is 0 Å². The zero-order valence-corrected chi connectivity index (χ0v) is 14.1. The number of rotatable bonds is 5. The molecular weight excluding hydrogens is 334 g/mol. The van der Waals surface area contributed by atoms with Crippen molar-refractivity contribution in [1.29, 1.82) is 0 Å². The number of aromatic nitrogens is 3. The van der Waals surface area contributed by atoms with E-state index in [2.05, 4.69) is 9.97 Å². The fraction of sp³-hybridized carbons (Fsp3) is 0.200. The Morgan fingerprint density at radius 2 is 2.17 bits per heavy atom. The molecule has 0 bridgehead atoms. The van der Waals surface area contributed by atoms with Gasteiger partial charge in [-0.3, -0.25) is 14.2 Å². The molecule has 0 saturated carbocycles. The van der Waals surface area contributed by atoms with Crippen LogP contribution in [0.15, 0.2) is 39.7 Å². The molecule has 0 unspecified atom stereocenters. The zero-order valence-electron chi connectivity index (χ0n) is 12.5. The summed E-state index contributed by atoms with van der Waals surface area (Å²) in [4.78, 5) is 33.4. The molecule has 2 heterocycles. The summed E-state index contributed by atoms with van der Waals surface area (Å²) in [5.74, 6) is 0.280. The van der Waals surface area contributed by atoms with Gasteiger partial charge in [0.1, 0.15) is 16.8 Å². The lowest BCUT2D eigenvalue weighted by molar-refractivity contribution is 0.0967. The highest BCUT2D eigenvalue weighted by atomic mass is 32.2. The van der Waals surface area contributed by atoms with Gasteiger partial charge in [-0.15, -0.1) is 11.3 Å². The van der Waals surface area contributed by atoms with Crippen LogP contribution in [0.1, 0.15) is 10.4 Å². The second-order valence-corrected chi connectivity index (χ2v) is 6.69. The van der Waals surface area contributed by atoms with Crippen LogP contribution in [0.2, 0.25) is 0 Å². The van der Waals surface area contributed by atoms with Gasteiger partial charge < -0.3 is 4.74 Å². The maximum absolute atomic E-state index is 12.5. The van der Waals surface area contributed by atoms with E-state index in [-0.39, 0.29) is 17.9 Å². The van der Waals surface area contributed by atoms with Crippen LogP contribution < -0.4 is 10.3 Å². The molecule has 23 heavy (non-hydrogen) atoms. The third-order valence-electron chi connectivity index (χ3n) is 3.26. The molecule has 0 spiro atoms. The van der Waals surface area contributed by atoms with Gasteiger partial charge in [-0.25, -0.2) is 9.97 Å². The number of thioether (sulfide) groups is 1. The van der Waals surface area contributed by atoms with E-state index in [0.717, 1.165) is 4.34 Å². The highest BCUT2D eigenvalue weighted by Gasteiger charge is 2.15. The second-order valence-electron chi connectivity index (χ2n) is 4.64. The van der Waals surface area contributed by atoms with E-state index in [0.29, 0.717) is 21.7 Å². The molecule has 0 aliphatic rings. The van der Waals surface area contributed by atoms with E-state index in [1.165, 1.54) is 41.1 Å². The summed E-state index contributed by atoms with van der Waals surface area (Å²) in [7, 11) is 1.51. The van der Waals surface area contributed by atoms with Gasteiger partial charge in [-0.2, -0.15) is 0 Å². The van der Waals surface area contributed by atoms with Crippen LogP contribution in [0.25, 0.3) is 10.3 Å². The molecule has 3 aromatic rings. The Bertz CT molecular complexity index is 933. The smallest absolute Gasteiger partial charge is 0.273 e. The average Bonchev–Trinajstić information content (AvgIpc) is 3.01. The highest BCUT2D eigenvalue weighted by molar-refractivity contribution is 8.00. The first-order valence-corrected chi connectivity index (χ1v) is 8.74. The van der Waals surface area contributed by atoms with Crippen molar-refractivity contribution in [2.24, 2.45) is 0 Å². The van der Waals surface area contributed by atoms with E-state index in [4.69, 9.17) is 4.74 Å². The van der Waals surface area contributed by atoms with Crippen molar-refractivity contribution in [3.05, 3.63) is 46.5 Å². The van der Waals surface area contributed by atoms with Crippen LogP contribution >= 0.6 is 23.1 Å². The van der Waals surface area contributed by atoms with Crippen molar-refractivity contribution < 1.29 is 9.53 Å². The molecule has 0 aliphatic heterocycles. The van der Waals surface area contributed by atoms with Crippen molar-refractivity contribution in [1.82, 2.24) is 14.5 Å². The quantitative estimate of drug-likeness (QED) is 0.521. The number of hydrogen-bond acceptors (Lipinski definition) is 7. The van der Waals surface area contributed by atoms with Crippen LogP contribution in [-0.4, -0.2) is 33.7 Å². The molecule has 118 valence electrons. The third-order valence-corrected chi connectivity index (χ3v) is 5.28. The van der Waals surface area contributed by atoms with Gasteiger partial charge in [0.2, 0.25) is 0 Å². The topological polar surface area (TPSA) is 74.1 Å². The predicted molar refractivity (Wildman–Crippen MR) is 90.8 cm³/mol. The van der Waals surface area contributed by atoms with Crippen molar-refractivity contribution in [2.75, 3.05) is 13.4 Å². The molecular formula is C15H13N3O3S2. The van der Waals surface area contributed by atoms with E-state index < -0.39 is 0 Å². The lowest BCUT2D eigenvalue weighted by atomic mass is 10.1. The van der Waals surface area contributed by atoms with Crippen molar-refractivity contribution in [2.45, 2.75) is 10.9 Å². The van der Waals surface area contributed by atoms with E-state index in [1.807, 2.05) is 6.26 Å². The number of benzene rings is 1. The van der Waals surface area contributed by atoms with Gasteiger partial charge in [0.25, 0.3) is 5.56 Å². The summed E-state index contributed by atoms with van der Waals surface area (Å²) in [6.45, 7) is -0.0886.